The standard InChI is InChI=1S/C16H22O5/c1-9-7-5-6-8-10(9)11(17)12-13-14(15(18-4)19-12)21-16(2,3)20-13/h5-8,11-15,17H,1-4H3/t11-,12+,13-,14-,15-/m0/s1. The Morgan fingerprint density at radius 3 is 2.52 bits per heavy atom. The molecule has 0 bridgehead atoms. The van der Waals surface area contributed by atoms with Crippen molar-refractivity contribution in [1.29, 1.82) is 0 Å². The lowest BCUT2D eigenvalue weighted by molar-refractivity contribution is -0.237. The van der Waals surface area contributed by atoms with Crippen molar-refractivity contribution >= 4 is 0 Å². The molecule has 0 radical (unpaired) electrons. The van der Waals surface area contributed by atoms with Crippen molar-refractivity contribution in [2.45, 2.75) is 57.3 Å². The minimum atomic E-state index is -0.781. The Labute approximate surface area is 124 Å². The third-order valence-corrected chi connectivity index (χ3v) is 4.10. The zero-order chi connectivity index (χ0) is 15.2. The maximum Gasteiger partial charge on any atom is 0.186 e. The number of benzene rings is 1. The summed E-state index contributed by atoms with van der Waals surface area (Å²) in [7, 11) is 1.57. The van der Waals surface area contributed by atoms with Crippen molar-refractivity contribution in [2.75, 3.05) is 7.11 Å². The van der Waals surface area contributed by atoms with E-state index >= 15 is 0 Å². The second-order valence-electron chi connectivity index (χ2n) is 6.07. The number of methoxy groups -OCH3 is 1. The number of rotatable bonds is 3. The van der Waals surface area contributed by atoms with Crippen LogP contribution in [0.4, 0.5) is 0 Å². The maximum atomic E-state index is 10.7. The molecule has 2 aliphatic heterocycles. The van der Waals surface area contributed by atoms with Gasteiger partial charge in [0.25, 0.3) is 0 Å². The lowest BCUT2D eigenvalue weighted by Crippen LogP contribution is -2.34. The molecule has 0 amide bonds. The van der Waals surface area contributed by atoms with Crippen LogP contribution in [0.2, 0.25) is 0 Å². The molecule has 2 saturated heterocycles. The number of fused-ring (bicyclic) bond motifs is 1. The third kappa shape index (κ3) is 2.60. The topological polar surface area (TPSA) is 57.2 Å². The molecule has 0 saturated carbocycles. The Morgan fingerprint density at radius 1 is 1.19 bits per heavy atom. The van der Waals surface area contributed by atoms with Crippen LogP contribution in [0.5, 0.6) is 0 Å². The molecule has 0 aliphatic carbocycles. The first-order valence-corrected chi connectivity index (χ1v) is 7.20. The van der Waals surface area contributed by atoms with Gasteiger partial charge in [-0.2, -0.15) is 0 Å². The lowest BCUT2D eigenvalue weighted by atomic mass is 9.96. The first-order valence-electron chi connectivity index (χ1n) is 7.20. The van der Waals surface area contributed by atoms with E-state index in [1.807, 2.05) is 45.0 Å². The van der Waals surface area contributed by atoms with Crippen LogP contribution in [0.25, 0.3) is 0 Å². The summed E-state index contributed by atoms with van der Waals surface area (Å²) < 4.78 is 22.9. The highest BCUT2D eigenvalue weighted by Gasteiger charge is 2.57. The summed E-state index contributed by atoms with van der Waals surface area (Å²) in [6.07, 6.45) is -2.49. The first-order chi connectivity index (χ1) is 9.93. The van der Waals surface area contributed by atoms with E-state index in [2.05, 4.69) is 0 Å². The van der Waals surface area contributed by atoms with E-state index in [1.54, 1.807) is 7.11 Å². The molecule has 2 fully saturated rings. The minimum Gasteiger partial charge on any atom is -0.386 e. The van der Waals surface area contributed by atoms with Crippen LogP contribution >= 0.6 is 0 Å². The molecule has 116 valence electrons. The molecule has 5 nitrogen and oxygen atoms in total. The molecular weight excluding hydrogens is 272 g/mol. The summed E-state index contributed by atoms with van der Waals surface area (Å²) in [5.41, 5.74) is 1.86. The van der Waals surface area contributed by atoms with Gasteiger partial charge in [-0.1, -0.05) is 24.3 Å². The minimum absolute atomic E-state index is 0.325. The largest absolute Gasteiger partial charge is 0.386 e. The van der Waals surface area contributed by atoms with Gasteiger partial charge in [0.2, 0.25) is 0 Å². The maximum absolute atomic E-state index is 10.7. The summed E-state index contributed by atoms with van der Waals surface area (Å²) in [4.78, 5) is 0. The highest BCUT2D eigenvalue weighted by atomic mass is 16.8. The number of hydrogen-bond acceptors (Lipinski definition) is 5. The summed E-state index contributed by atoms with van der Waals surface area (Å²) in [5.74, 6) is -0.695. The van der Waals surface area contributed by atoms with Gasteiger partial charge < -0.3 is 24.1 Å². The van der Waals surface area contributed by atoms with E-state index in [-0.39, 0.29) is 12.2 Å². The van der Waals surface area contributed by atoms with Gasteiger partial charge in [-0.05, 0) is 31.9 Å². The second kappa shape index (κ2) is 5.34. The van der Waals surface area contributed by atoms with Crippen molar-refractivity contribution < 1.29 is 24.1 Å². The molecule has 5 atom stereocenters. The van der Waals surface area contributed by atoms with E-state index in [1.165, 1.54) is 0 Å². The molecule has 2 aliphatic rings. The number of aryl methyl sites for hydroxylation is 1. The molecule has 0 spiro atoms. The highest BCUT2D eigenvalue weighted by molar-refractivity contribution is 5.29. The summed E-state index contributed by atoms with van der Waals surface area (Å²) >= 11 is 0. The number of hydrogen-bond donors (Lipinski definition) is 1. The van der Waals surface area contributed by atoms with E-state index in [0.717, 1.165) is 11.1 Å². The van der Waals surface area contributed by atoms with Crippen molar-refractivity contribution in [3.05, 3.63) is 35.4 Å². The van der Waals surface area contributed by atoms with E-state index in [4.69, 9.17) is 18.9 Å². The molecule has 3 rings (SSSR count). The third-order valence-electron chi connectivity index (χ3n) is 4.10. The molecule has 5 heteroatoms. The predicted octanol–water partition coefficient (Wildman–Crippen LogP) is 1.92. The predicted molar refractivity (Wildman–Crippen MR) is 75.6 cm³/mol. The van der Waals surface area contributed by atoms with Gasteiger partial charge in [-0.3, -0.25) is 0 Å². The fourth-order valence-corrected chi connectivity index (χ4v) is 3.13. The highest BCUT2D eigenvalue weighted by Crippen LogP contribution is 2.43. The zero-order valence-corrected chi connectivity index (χ0v) is 12.8. The average molecular weight is 294 g/mol. The number of aliphatic hydroxyl groups excluding tert-OH is 1. The Hall–Kier alpha value is -0.980. The van der Waals surface area contributed by atoms with Crippen LogP contribution in [0.3, 0.4) is 0 Å². The second-order valence-corrected chi connectivity index (χ2v) is 6.07. The molecule has 0 aromatic heterocycles. The fraction of sp³-hybridized carbons (Fsp3) is 0.625. The first kappa shape index (κ1) is 14.9. The van der Waals surface area contributed by atoms with Gasteiger partial charge in [0, 0.05) is 7.11 Å². The summed E-state index contributed by atoms with van der Waals surface area (Å²) in [5, 5.41) is 10.7. The smallest absolute Gasteiger partial charge is 0.186 e. The quantitative estimate of drug-likeness (QED) is 0.923. The van der Waals surface area contributed by atoms with Crippen LogP contribution < -0.4 is 0 Å². The van der Waals surface area contributed by atoms with E-state index < -0.39 is 24.3 Å². The Balaban J connectivity index is 1.87. The molecule has 1 N–H and O–H groups in total. The fourth-order valence-electron chi connectivity index (χ4n) is 3.13. The van der Waals surface area contributed by atoms with Gasteiger partial charge in [-0.15, -0.1) is 0 Å². The molecular formula is C16H22O5. The van der Waals surface area contributed by atoms with Gasteiger partial charge in [-0.25, -0.2) is 0 Å². The molecule has 2 heterocycles. The Kier molecular flexibility index (Phi) is 3.80. The Morgan fingerprint density at radius 2 is 1.86 bits per heavy atom. The molecule has 21 heavy (non-hydrogen) atoms. The normalized spacial score (nSPS) is 35.7. The van der Waals surface area contributed by atoms with Gasteiger partial charge in [0.05, 0.1) is 0 Å². The Bertz CT molecular complexity index is 515. The molecule has 1 aromatic carbocycles. The van der Waals surface area contributed by atoms with E-state index in [0.29, 0.717) is 0 Å². The zero-order valence-electron chi connectivity index (χ0n) is 12.8. The van der Waals surface area contributed by atoms with Gasteiger partial charge in [0.1, 0.15) is 24.4 Å². The van der Waals surface area contributed by atoms with Crippen LogP contribution in [-0.2, 0) is 18.9 Å². The summed E-state index contributed by atoms with van der Waals surface area (Å²) in [6, 6.07) is 7.72. The van der Waals surface area contributed by atoms with Crippen molar-refractivity contribution in [2.24, 2.45) is 0 Å². The van der Waals surface area contributed by atoms with Crippen LogP contribution in [0.15, 0.2) is 24.3 Å². The van der Waals surface area contributed by atoms with Crippen LogP contribution in [0, 0.1) is 6.92 Å². The van der Waals surface area contributed by atoms with Crippen molar-refractivity contribution in [3.63, 3.8) is 0 Å². The molecule has 0 unspecified atom stereocenters. The SMILES string of the molecule is CO[C@H]1O[C@H]([C@@H](O)c2ccccc2C)[C@@H]2OC(C)(C)O[C@H]12. The van der Waals surface area contributed by atoms with E-state index in [9.17, 15) is 5.11 Å². The monoisotopic (exact) mass is 294 g/mol. The number of ether oxygens (including phenoxy) is 4. The van der Waals surface area contributed by atoms with Gasteiger partial charge >= 0.3 is 0 Å². The average Bonchev–Trinajstić information content (AvgIpc) is 2.91. The molecule has 1 aromatic rings. The lowest BCUT2D eigenvalue weighted by Gasteiger charge is -2.26. The van der Waals surface area contributed by atoms with Gasteiger partial charge in [0.15, 0.2) is 12.1 Å². The van der Waals surface area contributed by atoms with Crippen LogP contribution in [-0.4, -0.2) is 42.6 Å². The van der Waals surface area contributed by atoms with Crippen LogP contribution in [0.1, 0.15) is 31.1 Å². The number of aliphatic hydroxyl groups is 1. The van der Waals surface area contributed by atoms with Crippen molar-refractivity contribution in [1.82, 2.24) is 0 Å². The summed E-state index contributed by atoms with van der Waals surface area (Å²) in [6.45, 7) is 5.68. The van der Waals surface area contributed by atoms with Crippen molar-refractivity contribution in [3.8, 4) is 0 Å².